The number of alkyl halides is 3. The van der Waals surface area contributed by atoms with Gasteiger partial charge in [-0.2, -0.15) is 13.2 Å². The Kier molecular flexibility index (Phi) is 4.48. The van der Waals surface area contributed by atoms with Gasteiger partial charge < -0.3 is 5.73 Å². The predicted molar refractivity (Wildman–Crippen MR) is 69.5 cm³/mol. The fourth-order valence-corrected chi connectivity index (χ4v) is 2.57. The first-order valence-electron chi connectivity index (χ1n) is 6.71. The van der Waals surface area contributed by atoms with Crippen molar-refractivity contribution in [1.82, 2.24) is 0 Å². The monoisotopic (exact) mass is 287 g/mol. The zero-order valence-electron chi connectivity index (χ0n) is 11.0. The minimum Gasteiger partial charge on any atom is -0.321 e. The molecular weight excluding hydrogens is 270 g/mol. The summed E-state index contributed by atoms with van der Waals surface area (Å²) in [5.41, 5.74) is 5.72. The van der Waals surface area contributed by atoms with Crippen molar-refractivity contribution in [3.05, 3.63) is 46.8 Å². The summed E-state index contributed by atoms with van der Waals surface area (Å²) in [4.78, 5) is 0. The summed E-state index contributed by atoms with van der Waals surface area (Å²) in [7, 11) is 0. The molecule has 0 bridgehead atoms. The second-order valence-electron chi connectivity index (χ2n) is 5.09. The Morgan fingerprint density at radius 2 is 1.85 bits per heavy atom. The molecule has 20 heavy (non-hydrogen) atoms. The van der Waals surface area contributed by atoms with Gasteiger partial charge in [-0.15, -0.1) is 0 Å². The van der Waals surface area contributed by atoms with Crippen LogP contribution in [0.1, 0.15) is 49.3 Å². The molecule has 1 atom stereocenters. The topological polar surface area (TPSA) is 26.0 Å². The zero-order chi connectivity index (χ0) is 14.8. The lowest BCUT2D eigenvalue weighted by molar-refractivity contribution is -0.138. The van der Waals surface area contributed by atoms with Gasteiger partial charge in [0.05, 0.1) is 11.6 Å². The Labute approximate surface area is 115 Å². The molecule has 110 valence electrons. The number of rotatable bonds is 2. The summed E-state index contributed by atoms with van der Waals surface area (Å²) in [5.74, 6) is -0.697. The molecule has 0 saturated heterocycles. The van der Waals surface area contributed by atoms with Gasteiger partial charge in [0.15, 0.2) is 0 Å². The van der Waals surface area contributed by atoms with Gasteiger partial charge in [-0.1, -0.05) is 18.1 Å². The first-order chi connectivity index (χ1) is 9.39. The van der Waals surface area contributed by atoms with Crippen LogP contribution >= 0.6 is 0 Å². The lowest BCUT2D eigenvalue weighted by atomic mass is 9.92. The first kappa shape index (κ1) is 15.0. The zero-order valence-corrected chi connectivity index (χ0v) is 11.0. The summed E-state index contributed by atoms with van der Waals surface area (Å²) in [6, 6.07) is 1.60. The highest BCUT2D eigenvalue weighted by atomic mass is 19.4. The molecule has 0 heterocycles. The van der Waals surface area contributed by atoms with Crippen LogP contribution in [-0.2, 0) is 6.18 Å². The van der Waals surface area contributed by atoms with Crippen molar-refractivity contribution in [2.75, 3.05) is 0 Å². The van der Waals surface area contributed by atoms with Crippen LogP contribution in [0.3, 0.4) is 0 Å². The number of halogens is 4. The van der Waals surface area contributed by atoms with E-state index in [1.807, 2.05) is 6.08 Å². The molecule has 0 aromatic heterocycles. The highest BCUT2D eigenvalue weighted by Crippen LogP contribution is 2.37. The second-order valence-corrected chi connectivity index (χ2v) is 5.09. The van der Waals surface area contributed by atoms with Crippen molar-refractivity contribution in [3.63, 3.8) is 0 Å². The van der Waals surface area contributed by atoms with Crippen LogP contribution in [0, 0.1) is 5.82 Å². The smallest absolute Gasteiger partial charge is 0.321 e. The minimum absolute atomic E-state index is 0.175. The van der Waals surface area contributed by atoms with Crippen LogP contribution in [0.2, 0.25) is 0 Å². The Hall–Kier alpha value is -1.36. The van der Waals surface area contributed by atoms with Gasteiger partial charge in [0, 0.05) is 0 Å². The van der Waals surface area contributed by atoms with Crippen LogP contribution in [0.4, 0.5) is 17.6 Å². The molecule has 2 rings (SSSR count). The summed E-state index contributed by atoms with van der Waals surface area (Å²) in [6.07, 6.45) is 1.85. The van der Waals surface area contributed by atoms with Crippen molar-refractivity contribution in [3.8, 4) is 0 Å². The molecule has 0 fully saturated rings. The van der Waals surface area contributed by atoms with Crippen LogP contribution in [0.15, 0.2) is 29.8 Å². The molecule has 0 amide bonds. The second kappa shape index (κ2) is 5.95. The maximum atomic E-state index is 13.3. The van der Waals surface area contributed by atoms with E-state index in [-0.39, 0.29) is 5.56 Å². The molecule has 0 aliphatic heterocycles. The van der Waals surface area contributed by atoms with Crippen molar-refractivity contribution < 1.29 is 17.6 Å². The van der Waals surface area contributed by atoms with Crippen LogP contribution in [-0.4, -0.2) is 0 Å². The van der Waals surface area contributed by atoms with Gasteiger partial charge in [-0.05, 0) is 49.4 Å². The number of nitrogens with two attached hydrogens (primary N) is 1. The summed E-state index contributed by atoms with van der Waals surface area (Å²) >= 11 is 0. The van der Waals surface area contributed by atoms with Crippen molar-refractivity contribution in [1.29, 1.82) is 0 Å². The summed E-state index contributed by atoms with van der Waals surface area (Å²) in [6.45, 7) is 0. The molecule has 2 N–H and O–H groups in total. The van der Waals surface area contributed by atoms with E-state index in [2.05, 4.69) is 0 Å². The van der Waals surface area contributed by atoms with Gasteiger partial charge in [0.1, 0.15) is 5.82 Å². The van der Waals surface area contributed by atoms with E-state index in [1.54, 1.807) is 0 Å². The van der Waals surface area contributed by atoms with E-state index in [4.69, 9.17) is 5.73 Å². The summed E-state index contributed by atoms with van der Waals surface area (Å²) in [5, 5.41) is 0. The first-order valence-corrected chi connectivity index (χ1v) is 6.71. The SMILES string of the molecule is NC(C1=CCCCCC1)c1cc(F)ccc1C(F)(F)F. The molecule has 1 aliphatic carbocycles. The molecule has 1 unspecified atom stereocenters. The van der Waals surface area contributed by atoms with Crippen molar-refractivity contribution in [2.45, 2.75) is 44.3 Å². The molecule has 1 nitrogen and oxygen atoms in total. The molecule has 0 saturated carbocycles. The average molecular weight is 287 g/mol. The number of benzene rings is 1. The molecule has 1 aromatic rings. The third kappa shape index (κ3) is 3.39. The van der Waals surface area contributed by atoms with E-state index < -0.39 is 23.6 Å². The van der Waals surface area contributed by atoms with Crippen LogP contribution in [0.25, 0.3) is 0 Å². The maximum absolute atomic E-state index is 13.3. The van der Waals surface area contributed by atoms with Crippen LogP contribution < -0.4 is 5.73 Å². The normalized spacial score (nSPS) is 18.4. The van der Waals surface area contributed by atoms with Crippen molar-refractivity contribution in [2.24, 2.45) is 5.73 Å². The third-order valence-corrected chi connectivity index (χ3v) is 3.63. The number of hydrogen-bond acceptors (Lipinski definition) is 1. The van der Waals surface area contributed by atoms with Crippen molar-refractivity contribution >= 4 is 0 Å². The summed E-state index contributed by atoms with van der Waals surface area (Å²) < 4.78 is 52.3. The Morgan fingerprint density at radius 1 is 1.10 bits per heavy atom. The highest BCUT2D eigenvalue weighted by Gasteiger charge is 2.35. The predicted octanol–water partition coefficient (Wildman–Crippen LogP) is 4.73. The van der Waals surface area contributed by atoms with Gasteiger partial charge in [0.2, 0.25) is 0 Å². The van der Waals surface area contributed by atoms with E-state index in [9.17, 15) is 17.6 Å². The number of allylic oxidation sites excluding steroid dienone is 1. The third-order valence-electron chi connectivity index (χ3n) is 3.63. The van der Waals surface area contributed by atoms with E-state index >= 15 is 0 Å². The van der Waals surface area contributed by atoms with Gasteiger partial charge in [-0.3, -0.25) is 0 Å². The Bertz CT molecular complexity index is 505. The lowest BCUT2D eigenvalue weighted by Crippen LogP contribution is -2.19. The quantitative estimate of drug-likeness (QED) is 0.617. The molecular formula is C15H17F4N. The Balaban J connectivity index is 2.40. The van der Waals surface area contributed by atoms with E-state index in [1.165, 1.54) is 0 Å². The largest absolute Gasteiger partial charge is 0.416 e. The average Bonchev–Trinajstić information content (AvgIpc) is 2.65. The highest BCUT2D eigenvalue weighted by molar-refractivity contribution is 5.37. The van der Waals surface area contributed by atoms with E-state index in [0.29, 0.717) is 6.42 Å². The molecule has 5 heteroatoms. The minimum atomic E-state index is -4.52. The standard InChI is InChI=1S/C15H17F4N/c16-11-7-8-13(15(17,18)19)12(9-11)14(20)10-5-3-1-2-4-6-10/h5,7-9,14H,1-4,6,20H2. The fourth-order valence-electron chi connectivity index (χ4n) is 2.57. The van der Waals surface area contributed by atoms with E-state index in [0.717, 1.165) is 49.5 Å². The Morgan fingerprint density at radius 3 is 2.55 bits per heavy atom. The van der Waals surface area contributed by atoms with Crippen LogP contribution in [0.5, 0.6) is 0 Å². The molecule has 1 aliphatic rings. The van der Waals surface area contributed by atoms with Gasteiger partial charge >= 0.3 is 6.18 Å². The van der Waals surface area contributed by atoms with Gasteiger partial charge in [0.25, 0.3) is 0 Å². The molecule has 1 aromatic carbocycles. The number of hydrogen-bond donors (Lipinski definition) is 1. The molecule has 0 radical (unpaired) electrons. The fraction of sp³-hybridized carbons (Fsp3) is 0.467. The molecule has 0 spiro atoms. The van der Waals surface area contributed by atoms with Gasteiger partial charge in [-0.25, -0.2) is 4.39 Å². The lowest BCUT2D eigenvalue weighted by Gasteiger charge is -2.20. The maximum Gasteiger partial charge on any atom is 0.416 e.